The molecule has 1 saturated carbocycles. The van der Waals surface area contributed by atoms with Crippen LogP contribution in [0.25, 0.3) is 0 Å². The number of fused-ring (bicyclic) bond motifs is 1. The van der Waals surface area contributed by atoms with Gasteiger partial charge in [0.25, 0.3) is 0 Å². The maximum Gasteiger partial charge on any atom is 0.0925 e. The van der Waals surface area contributed by atoms with E-state index in [4.69, 9.17) is 0 Å². The van der Waals surface area contributed by atoms with Crippen molar-refractivity contribution in [1.29, 1.82) is 0 Å². The zero-order chi connectivity index (χ0) is 11.2. The van der Waals surface area contributed by atoms with E-state index in [0.29, 0.717) is 11.5 Å². The predicted octanol–water partition coefficient (Wildman–Crippen LogP) is 2.42. The second-order valence-corrected chi connectivity index (χ2v) is 5.64. The SMILES string of the molecule is CC(C)C1(C2NCCc3[nH]cnc32)CCC1. The first-order valence-electron chi connectivity index (χ1n) is 6.49. The molecule has 0 aromatic carbocycles. The zero-order valence-electron chi connectivity index (χ0n) is 10.2. The highest BCUT2D eigenvalue weighted by molar-refractivity contribution is 5.23. The van der Waals surface area contributed by atoms with Gasteiger partial charge in [-0.3, -0.25) is 0 Å². The molecule has 0 amide bonds. The molecule has 3 heteroatoms. The highest BCUT2D eigenvalue weighted by Crippen LogP contribution is 2.55. The Morgan fingerprint density at radius 1 is 1.44 bits per heavy atom. The molecule has 88 valence electrons. The molecule has 1 fully saturated rings. The summed E-state index contributed by atoms with van der Waals surface area (Å²) in [5.74, 6) is 0.737. The third-order valence-electron chi connectivity index (χ3n) is 4.76. The molecule has 1 aliphatic carbocycles. The summed E-state index contributed by atoms with van der Waals surface area (Å²) in [5, 5.41) is 3.70. The van der Waals surface area contributed by atoms with E-state index in [0.717, 1.165) is 18.9 Å². The number of nitrogens with zero attached hydrogens (tertiary/aromatic N) is 1. The first-order valence-corrected chi connectivity index (χ1v) is 6.49. The van der Waals surface area contributed by atoms with Crippen molar-refractivity contribution in [2.24, 2.45) is 11.3 Å². The summed E-state index contributed by atoms with van der Waals surface area (Å²) in [4.78, 5) is 7.85. The molecule has 3 rings (SSSR count). The number of nitrogens with one attached hydrogen (secondary N) is 2. The molecule has 1 aromatic heterocycles. The average molecular weight is 219 g/mol. The van der Waals surface area contributed by atoms with Crippen LogP contribution in [0.2, 0.25) is 0 Å². The lowest BCUT2D eigenvalue weighted by atomic mass is 9.57. The monoisotopic (exact) mass is 219 g/mol. The van der Waals surface area contributed by atoms with Crippen molar-refractivity contribution in [3.05, 3.63) is 17.7 Å². The zero-order valence-corrected chi connectivity index (χ0v) is 10.2. The van der Waals surface area contributed by atoms with E-state index in [1.54, 1.807) is 0 Å². The first-order chi connectivity index (χ1) is 7.74. The molecular weight excluding hydrogens is 198 g/mol. The maximum atomic E-state index is 4.55. The molecule has 16 heavy (non-hydrogen) atoms. The summed E-state index contributed by atoms with van der Waals surface area (Å²) < 4.78 is 0. The number of H-pyrrole nitrogens is 1. The third kappa shape index (κ3) is 1.27. The van der Waals surface area contributed by atoms with Gasteiger partial charge in [0.1, 0.15) is 0 Å². The fraction of sp³-hybridized carbons (Fsp3) is 0.769. The van der Waals surface area contributed by atoms with Gasteiger partial charge in [-0.2, -0.15) is 0 Å². The topological polar surface area (TPSA) is 40.7 Å². The van der Waals surface area contributed by atoms with Crippen LogP contribution in [0.3, 0.4) is 0 Å². The minimum atomic E-state index is 0.463. The van der Waals surface area contributed by atoms with Gasteiger partial charge in [0.05, 0.1) is 18.1 Å². The summed E-state index contributed by atoms with van der Waals surface area (Å²) >= 11 is 0. The Bertz CT molecular complexity index is 376. The highest BCUT2D eigenvalue weighted by atomic mass is 15.0. The molecule has 0 bridgehead atoms. The molecule has 1 aliphatic heterocycles. The van der Waals surface area contributed by atoms with Crippen molar-refractivity contribution >= 4 is 0 Å². The van der Waals surface area contributed by atoms with E-state index in [-0.39, 0.29) is 0 Å². The van der Waals surface area contributed by atoms with Crippen molar-refractivity contribution in [3.8, 4) is 0 Å². The van der Waals surface area contributed by atoms with Crippen LogP contribution in [0.15, 0.2) is 6.33 Å². The average Bonchev–Trinajstić information content (AvgIpc) is 2.63. The van der Waals surface area contributed by atoms with E-state index in [1.165, 1.54) is 30.7 Å². The van der Waals surface area contributed by atoms with Gasteiger partial charge < -0.3 is 10.3 Å². The van der Waals surface area contributed by atoms with Gasteiger partial charge >= 0.3 is 0 Å². The molecule has 3 nitrogen and oxygen atoms in total. The van der Waals surface area contributed by atoms with Crippen LogP contribution in [0.4, 0.5) is 0 Å². The largest absolute Gasteiger partial charge is 0.348 e. The summed E-state index contributed by atoms with van der Waals surface area (Å²) in [5.41, 5.74) is 3.11. The van der Waals surface area contributed by atoms with Crippen molar-refractivity contribution in [1.82, 2.24) is 15.3 Å². The van der Waals surface area contributed by atoms with Crippen LogP contribution in [0, 0.1) is 11.3 Å². The van der Waals surface area contributed by atoms with Gasteiger partial charge in [0.15, 0.2) is 0 Å². The Balaban J connectivity index is 1.97. The van der Waals surface area contributed by atoms with E-state index in [1.807, 2.05) is 6.33 Å². The Morgan fingerprint density at radius 2 is 2.25 bits per heavy atom. The molecule has 0 spiro atoms. The van der Waals surface area contributed by atoms with Crippen molar-refractivity contribution in [2.45, 2.75) is 45.6 Å². The van der Waals surface area contributed by atoms with Crippen molar-refractivity contribution in [2.75, 3.05) is 6.54 Å². The fourth-order valence-electron chi connectivity index (χ4n) is 3.48. The molecule has 2 aliphatic rings. The summed E-state index contributed by atoms with van der Waals surface area (Å²) in [7, 11) is 0. The molecule has 0 radical (unpaired) electrons. The lowest BCUT2D eigenvalue weighted by molar-refractivity contribution is 0.0147. The summed E-state index contributed by atoms with van der Waals surface area (Å²) in [6, 6.07) is 0.483. The lowest BCUT2D eigenvalue weighted by Crippen LogP contribution is -2.49. The van der Waals surface area contributed by atoms with Crippen molar-refractivity contribution in [3.63, 3.8) is 0 Å². The lowest BCUT2D eigenvalue weighted by Gasteiger charge is -2.52. The van der Waals surface area contributed by atoms with Gasteiger partial charge in [-0.25, -0.2) is 4.98 Å². The predicted molar refractivity (Wildman–Crippen MR) is 64.2 cm³/mol. The second-order valence-electron chi connectivity index (χ2n) is 5.64. The normalized spacial score (nSPS) is 27.6. The molecule has 1 aromatic rings. The summed E-state index contributed by atoms with van der Waals surface area (Å²) in [6.07, 6.45) is 7.05. The Kier molecular flexibility index (Phi) is 2.32. The number of rotatable bonds is 2. The maximum absolute atomic E-state index is 4.55. The molecule has 2 N–H and O–H groups in total. The molecule has 0 saturated heterocycles. The Morgan fingerprint density at radius 3 is 2.88 bits per heavy atom. The number of hydrogen-bond donors (Lipinski definition) is 2. The smallest absolute Gasteiger partial charge is 0.0925 e. The van der Waals surface area contributed by atoms with E-state index in [9.17, 15) is 0 Å². The number of hydrogen-bond acceptors (Lipinski definition) is 2. The molecule has 2 heterocycles. The highest BCUT2D eigenvalue weighted by Gasteiger charge is 2.48. The van der Waals surface area contributed by atoms with E-state index < -0.39 is 0 Å². The first kappa shape index (κ1) is 10.3. The van der Waals surface area contributed by atoms with Crippen LogP contribution in [-0.2, 0) is 6.42 Å². The van der Waals surface area contributed by atoms with Crippen molar-refractivity contribution < 1.29 is 0 Å². The van der Waals surface area contributed by atoms with Crippen LogP contribution in [-0.4, -0.2) is 16.5 Å². The second kappa shape index (κ2) is 3.59. The Labute approximate surface area is 97.0 Å². The van der Waals surface area contributed by atoms with Gasteiger partial charge in [-0.1, -0.05) is 20.3 Å². The minimum Gasteiger partial charge on any atom is -0.348 e. The van der Waals surface area contributed by atoms with Crippen LogP contribution in [0.5, 0.6) is 0 Å². The third-order valence-corrected chi connectivity index (χ3v) is 4.76. The van der Waals surface area contributed by atoms with Gasteiger partial charge in [-0.15, -0.1) is 0 Å². The van der Waals surface area contributed by atoms with Gasteiger partial charge in [-0.05, 0) is 24.2 Å². The number of aromatic nitrogens is 2. The van der Waals surface area contributed by atoms with Crippen LogP contribution in [0.1, 0.15) is 50.5 Å². The number of imidazole rings is 1. The molecule has 1 unspecified atom stereocenters. The summed E-state index contributed by atoms with van der Waals surface area (Å²) in [6.45, 7) is 5.82. The number of aromatic amines is 1. The fourth-order valence-corrected chi connectivity index (χ4v) is 3.48. The molecule has 1 atom stereocenters. The Hall–Kier alpha value is -0.830. The standard InChI is InChI=1S/C13H21N3/c1-9(2)13(5-3-6-13)12-11-10(4-7-14-12)15-8-16-11/h8-9,12,14H,3-7H2,1-2H3,(H,15,16). The minimum absolute atomic E-state index is 0.463. The van der Waals surface area contributed by atoms with E-state index in [2.05, 4.69) is 29.1 Å². The van der Waals surface area contributed by atoms with Gasteiger partial charge in [0, 0.05) is 18.7 Å². The van der Waals surface area contributed by atoms with Crippen LogP contribution < -0.4 is 5.32 Å². The quantitative estimate of drug-likeness (QED) is 0.802. The van der Waals surface area contributed by atoms with E-state index >= 15 is 0 Å². The van der Waals surface area contributed by atoms with Crippen LogP contribution >= 0.6 is 0 Å². The molecular formula is C13H21N3. The van der Waals surface area contributed by atoms with Gasteiger partial charge in [0.2, 0.25) is 0 Å².